The molecule has 0 radical (unpaired) electrons. The summed E-state index contributed by atoms with van der Waals surface area (Å²) in [4.78, 5) is 12.9. The van der Waals surface area contributed by atoms with Gasteiger partial charge in [-0.2, -0.15) is 0 Å². The Morgan fingerprint density at radius 1 is 1.17 bits per heavy atom. The Morgan fingerprint density at radius 3 is 2.57 bits per heavy atom. The van der Waals surface area contributed by atoms with Crippen molar-refractivity contribution in [2.75, 3.05) is 13.2 Å². The van der Waals surface area contributed by atoms with Crippen LogP contribution < -0.4 is 5.32 Å². The third-order valence-electron chi connectivity index (χ3n) is 5.19. The third-order valence-corrected chi connectivity index (χ3v) is 5.44. The van der Waals surface area contributed by atoms with Crippen LogP contribution in [0.5, 0.6) is 0 Å². The van der Waals surface area contributed by atoms with Crippen molar-refractivity contribution >= 4 is 17.5 Å². The first kappa shape index (κ1) is 22.3. The van der Waals surface area contributed by atoms with Crippen LogP contribution in [0.15, 0.2) is 66.4 Å². The summed E-state index contributed by atoms with van der Waals surface area (Å²) in [6.07, 6.45) is 2.64. The maximum atomic E-state index is 12.9. The lowest BCUT2D eigenvalue weighted by Crippen LogP contribution is -2.38. The summed E-state index contributed by atoms with van der Waals surface area (Å²) in [7, 11) is 0. The average Bonchev–Trinajstić information content (AvgIpc) is 2.77. The van der Waals surface area contributed by atoms with Gasteiger partial charge in [-0.3, -0.25) is 4.79 Å². The average molecular weight is 430 g/mol. The number of ether oxygens (including phenoxy) is 2. The van der Waals surface area contributed by atoms with Crippen LogP contribution in [-0.4, -0.2) is 30.5 Å². The highest BCUT2D eigenvalue weighted by atomic mass is 35.5. The highest BCUT2D eigenvalue weighted by Gasteiger charge is 2.37. The zero-order valence-electron chi connectivity index (χ0n) is 17.1. The summed E-state index contributed by atoms with van der Waals surface area (Å²) in [5.74, 6) is -0.131. The number of rotatable bonds is 9. The number of hydrogen-bond acceptors (Lipinski definition) is 4. The van der Waals surface area contributed by atoms with Crippen LogP contribution in [0.25, 0.3) is 0 Å². The third kappa shape index (κ3) is 5.85. The zero-order valence-corrected chi connectivity index (χ0v) is 17.8. The monoisotopic (exact) mass is 429 g/mol. The smallest absolute Gasteiger partial charge is 0.286 e. The molecule has 0 bridgehead atoms. The molecule has 2 aromatic carbocycles. The molecular formula is C24H28ClNO4. The number of halogens is 1. The van der Waals surface area contributed by atoms with E-state index in [4.69, 9.17) is 21.1 Å². The summed E-state index contributed by atoms with van der Waals surface area (Å²) < 4.78 is 11.8. The maximum Gasteiger partial charge on any atom is 0.286 e. The Morgan fingerprint density at radius 2 is 1.90 bits per heavy atom. The van der Waals surface area contributed by atoms with Gasteiger partial charge in [0.25, 0.3) is 5.91 Å². The molecule has 6 heteroatoms. The van der Waals surface area contributed by atoms with E-state index in [1.807, 2.05) is 67.6 Å². The molecule has 1 aliphatic rings. The van der Waals surface area contributed by atoms with E-state index in [0.717, 1.165) is 11.1 Å². The molecule has 2 aromatic rings. The highest BCUT2D eigenvalue weighted by molar-refractivity contribution is 6.30. The fourth-order valence-corrected chi connectivity index (χ4v) is 3.82. The van der Waals surface area contributed by atoms with Gasteiger partial charge >= 0.3 is 0 Å². The number of nitrogens with one attached hydrogen (secondary N) is 1. The van der Waals surface area contributed by atoms with Gasteiger partial charge in [-0.15, -0.1) is 0 Å². The van der Waals surface area contributed by atoms with Gasteiger partial charge in [0.2, 0.25) is 6.29 Å². The molecule has 160 valence electrons. The molecule has 1 aliphatic heterocycles. The Bertz CT molecular complexity index is 838. The van der Waals surface area contributed by atoms with Crippen molar-refractivity contribution < 1.29 is 19.4 Å². The minimum absolute atomic E-state index is 0.0241. The van der Waals surface area contributed by atoms with Crippen molar-refractivity contribution in [1.29, 1.82) is 0 Å². The topological polar surface area (TPSA) is 67.8 Å². The van der Waals surface area contributed by atoms with Crippen LogP contribution in [0.2, 0.25) is 5.02 Å². The Balaban J connectivity index is 1.85. The van der Waals surface area contributed by atoms with E-state index in [1.165, 1.54) is 0 Å². The number of allylic oxidation sites excluding steroid dienone is 1. The lowest BCUT2D eigenvalue weighted by Gasteiger charge is -2.37. The quantitative estimate of drug-likeness (QED) is 0.619. The van der Waals surface area contributed by atoms with Gasteiger partial charge in [0.1, 0.15) is 0 Å². The predicted molar refractivity (Wildman–Crippen MR) is 117 cm³/mol. The number of aliphatic hydroxyl groups excluding tert-OH is 1. The van der Waals surface area contributed by atoms with Crippen molar-refractivity contribution in [3.05, 3.63) is 82.6 Å². The van der Waals surface area contributed by atoms with Gasteiger partial charge in [-0.05, 0) is 49.1 Å². The Hall–Kier alpha value is -2.34. The number of hydrogen-bond donors (Lipinski definition) is 2. The second-order valence-corrected chi connectivity index (χ2v) is 7.68. The van der Waals surface area contributed by atoms with Gasteiger partial charge in [0.05, 0.1) is 0 Å². The first-order valence-electron chi connectivity index (χ1n) is 10.3. The van der Waals surface area contributed by atoms with Gasteiger partial charge in [-0.1, -0.05) is 54.1 Å². The van der Waals surface area contributed by atoms with E-state index in [9.17, 15) is 9.90 Å². The number of carbonyl (C=O) groups is 1. The summed E-state index contributed by atoms with van der Waals surface area (Å²) >= 11 is 6.07. The molecule has 0 aliphatic carbocycles. The van der Waals surface area contributed by atoms with Crippen LogP contribution in [-0.2, 0) is 20.8 Å². The van der Waals surface area contributed by atoms with Gasteiger partial charge in [0.15, 0.2) is 5.76 Å². The van der Waals surface area contributed by atoms with Gasteiger partial charge < -0.3 is 19.9 Å². The van der Waals surface area contributed by atoms with Crippen molar-refractivity contribution in [3.8, 4) is 0 Å². The summed E-state index contributed by atoms with van der Waals surface area (Å²) in [6.45, 7) is 2.87. The van der Waals surface area contributed by atoms with E-state index < -0.39 is 6.29 Å². The molecule has 5 nitrogen and oxygen atoms in total. The second-order valence-electron chi connectivity index (χ2n) is 7.25. The van der Waals surface area contributed by atoms with E-state index in [2.05, 4.69) is 5.32 Å². The summed E-state index contributed by atoms with van der Waals surface area (Å²) in [5, 5.41) is 12.9. The zero-order chi connectivity index (χ0) is 21.3. The molecular weight excluding hydrogens is 402 g/mol. The predicted octanol–water partition coefficient (Wildman–Crippen LogP) is 4.41. The molecule has 0 aromatic heterocycles. The fourth-order valence-electron chi connectivity index (χ4n) is 3.70. The number of carbonyl (C=O) groups excluding carboxylic acids is 1. The van der Waals surface area contributed by atoms with Crippen LogP contribution >= 0.6 is 11.6 Å². The van der Waals surface area contributed by atoms with Crippen molar-refractivity contribution in [2.45, 2.75) is 38.5 Å². The second kappa shape index (κ2) is 11.2. The van der Waals surface area contributed by atoms with E-state index in [1.54, 1.807) is 0 Å². The fraction of sp³-hybridized carbons (Fsp3) is 0.375. The molecule has 0 saturated heterocycles. The van der Waals surface area contributed by atoms with E-state index in [0.29, 0.717) is 31.0 Å². The minimum atomic E-state index is -0.565. The van der Waals surface area contributed by atoms with Gasteiger partial charge in [0, 0.05) is 36.6 Å². The molecule has 3 atom stereocenters. The molecule has 30 heavy (non-hydrogen) atoms. The van der Waals surface area contributed by atoms with Gasteiger partial charge in [-0.25, -0.2) is 0 Å². The molecule has 0 fully saturated rings. The molecule has 1 heterocycles. The molecule has 0 spiro atoms. The molecule has 0 saturated carbocycles. The molecule has 1 amide bonds. The van der Waals surface area contributed by atoms with Crippen molar-refractivity contribution in [2.24, 2.45) is 5.92 Å². The van der Waals surface area contributed by atoms with Crippen molar-refractivity contribution in [1.82, 2.24) is 5.32 Å². The van der Waals surface area contributed by atoms with Crippen LogP contribution in [0.1, 0.15) is 36.8 Å². The highest BCUT2D eigenvalue weighted by Crippen LogP contribution is 2.39. The minimum Gasteiger partial charge on any atom is -0.459 e. The lowest BCUT2D eigenvalue weighted by atomic mass is 9.80. The normalized spacial score (nSPS) is 20.9. The van der Waals surface area contributed by atoms with E-state index in [-0.39, 0.29) is 30.1 Å². The molecule has 3 rings (SSSR count). The first-order chi connectivity index (χ1) is 14.6. The Labute approximate surface area is 182 Å². The number of aliphatic hydroxyl groups is 1. The Kier molecular flexibility index (Phi) is 8.31. The number of amides is 1. The van der Waals surface area contributed by atoms with Crippen LogP contribution in [0.3, 0.4) is 0 Å². The summed E-state index contributed by atoms with van der Waals surface area (Å²) in [5.41, 5.74) is 2.04. The first-order valence-corrected chi connectivity index (χ1v) is 10.7. The number of benzene rings is 2. The standard InChI is InChI=1S/C24H28ClNO4/c1-2-29-24-20(9-6-14-27)21(18-10-12-19(25)13-11-18)15-22(30-24)23(28)26-16-17-7-4-3-5-8-17/h3-5,7-8,10-13,15,20-21,24,27H,2,6,9,14,16H2,1H3,(H,26,28)/t20-,21+,24+/m0/s1. The largest absolute Gasteiger partial charge is 0.459 e. The molecule has 0 unspecified atom stereocenters. The maximum absolute atomic E-state index is 12.9. The van der Waals surface area contributed by atoms with E-state index >= 15 is 0 Å². The molecule has 2 N–H and O–H groups in total. The SMILES string of the molecule is CCO[C@@H]1OC(C(=O)NCc2ccccc2)=C[C@H](c2ccc(Cl)cc2)[C@@H]1CCCO. The lowest BCUT2D eigenvalue weighted by molar-refractivity contribution is -0.166. The van der Waals surface area contributed by atoms with Crippen molar-refractivity contribution in [3.63, 3.8) is 0 Å². The summed E-state index contributed by atoms with van der Waals surface area (Å²) in [6, 6.07) is 17.3. The van der Waals surface area contributed by atoms with Crippen LogP contribution in [0, 0.1) is 5.92 Å². The van der Waals surface area contributed by atoms with Crippen LogP contribution in [0.4, 0.5) is 0 Å².